The van der Waals surface area contributed by atoms with Gasteiger partial charge in [0.1, 0.15) is 5.75 Å². The van der Waals surface area contributed by atoms with E-state index in [1.54, 1.807) is 11.8 Å². The van der Waals surface area contributed by atoms with E-state index in [4.69, 9.17) is 4.74 Å². The van der Waals surface area contributed by atoms with Crippen LogP contribution in [0.1, 0.15) is 12.8 Å². The lowest BCUT2D eigenvalue weighted by Crippen LogP contribution is -2.13. The zero-order chi connectivity index (χ0) is 18.0. The SMILES string of the molecule is O=C(CCCOc1ccccc1)Nc1ccccc1Sc1ccccc1. The molecule has 0 heterocycles. The third-order valence-electron chi connectivity index (χ3n) is 3.69. The van der Waals surface area contributed by atoms with Crippen molar-refractivity contribution in [3.63, 3.8) is 0 Å². The van der Waals surface area contributed by atoms with Gasteiger partial charge in [-0.3, -0.25) is 4.79 Å². The highest BCUT2D eigenvalue weighted by molar-refractivity contribution is 7.99. The number of amides is 1. The summed E-state index contributed by atoms with van der Waals surface area (Å²) >= 11 is 1.64. The average Bonchev–Trinajstić information content (AvgIpc) is 2.68. The summed E-state index contributed by atoms with van der Waals surface area (Å²) in [5, 5.41) is 3.01. The van der Waals surface area contributed by atoms with Crippen LogP contribution in [0.15, 0.2) is 94.7 Å². The lowest BCUT2D eigenvalue weighted by atomic mass is 10.2. The third kappa shape index (κ3) is 5.67. The lowest BCUT2D eigenvalue weighted by Gasteiger charge is -2.11. The quantitative estimate of drug-likeness (QED) is 0.527. The monoisotopic (exact) mass is 363 g/mol. The molecule has 0 bridgehead atoms. The van der Waals surface area contributed by atoms with E-state index < -0.39 is 0 Å². The van der Waals surface area contributed by atoms with Gasteiger partial charge >= 0.3 is 0 Å². The van der Waals surface area contributed by atoms with E-state index in [0.717, 1.165) is 21.2 Å². The molecule has 1 amide bonds. The minimum absolute atomic E-state index is 0.00257. The van der Waals surface area contributed by atoms with E-state index in [1.807, 2.05) is 72.8 Å². The van der Waals surface area contributed by atoms with Crippen molar-refractivity contribution in [2.75, 3.05) is 11.9 Å². The molecule has 0 saturated heterocycles. The van der Waals surface area contributed by atoms with Crippen LogP contribution in [0.25, 0.3) is 0 Å². The van der Waals surface area contributed by atoms with Gasteiger partial charge in [-0.05, 0) is 42.8 Å². The predicted octanol–water partition coefficient (Wildman–Crippen LogP) is 5.64. The fourth-order valence-corrected chi connectivity index (χ4v) is 3.35. The van der Waals surface area contributed by atoms with E-state index in [0.29, 0.717) is 19.4 Å². The Morgan fingerprint density at radius 2 is 1.50 bits per heavy atom. The Labute approximate surface area is 158 Å². The zero-order valence-electron chi connectivity index (χ0n) is 14.4. The maximum atomic E-state index is 12.3. The summed E-state index contributed by atoms with van der Waals surface area (Å²) in [6.45, 7) is 0.526. The summed E-state index contributed by atoms with van der Waals surface area (Å²) in [6.07, 6.45) is 1.10. The summed E-state index contributed by atoms with van der Waals surface area (Å²) in [5.74, 6) is 0.834. The number of hydrogen-bond donors (Lipinski definition) is 1. The van der Waals surface area contributed by atoms with Crippen LogP contribution in [0.3, 0.4) is 0 Å². The van der Waals surface area contributed by atoms with Gasteiger partial charge in [-0.25, -0.2) is 0 Å². The number of para-hydroxylation sites is 2. The molecule has 132 valence electrons. The normalized spacial score (nSPS) is 10.3. The van der Waals surface area contributed by atoms with Crippen molar-refractivity contribution in [2.24, 2.45) is 0 Å². The predicted molar refractivity (Wildman–Crippen MR) is 107 cm³/mol. The smallest absolute Gasteiger partial charge is 0.224 e. The first-order valence-electron chi connectivity index (χ1n) is 8.61. The Morgan fingerprint density at radius 1 is 0.846 bits per heavy atom. The van der Waals surface area contributed by atoms with Gasteiger partial charge in [-0.2, -0.15) is 0 Å². The molecule has 0 aromatic heterocycles. The van der Waals surface area contributed by atoms with Crippen LogP contribution in [-0.4, -0.2) is 12.5 Å². The minimum atomic E-state index is 0.00257. The van der Waals surface area contributed by atoms with Crippen LogP contribution in [0.4, 0.5) is 5.69 Å². The van der Waals surface area contributed by atoms with Gasteiger partial charge in [0, 0.05) is 16.2 Å². The maximum absolute atomic E-state index is 12.3. The van der Waals surface area contributed by atoms with Gasteiger partial charge in [0.05, 0.1) is 12.3 Å². The van der Waals surface area contributed by atoms with Gasteiger partial charge in [0.2, 0.25) is 5.91 Å². The first-order valence-corrected chi connectivity index (χ1v) is 9.42. The maximum Gasteiger partial charge on any atom is 0.224 e. The fourth-order valence-electron chi connectivity index (χ4n) is 2.43. The van der Waals surface area contributed by atoms with Gasteiger partial charge in [0.15, 0.2) is 0 Å². The second-order valence-electron chi connectivity index (χ2n) is 5.72. The van der Waals surface area contributed by atoms with Crippen LogP contribution < -0.4 is 10.1 Å². The van der Waals surface area contributed by atoms with Crippen molar-refractivity contribution >= 4 is 23.4 Å². The van der Waals surface area contributed by atoms with Crippen molar-refractivity contribution < 1.29 is 9.53 Å². The molecule has 0 atom stereocenters. The average molecular weight is 363 g/mol. The molecule has 0 fully saturated rings. The molecule has 3 aromatic rings. The molecule has 0 aliphatic carbocycles. The Hall–Kier alpha value is -2.72. The summed E-state index contributed by atoms with van der Waals surface area (Å²) in [7, 11) is 0. The van der Waals surface area contributed by atoms with Crippen LogP contribution in [0.2, 0.25) is 0 Å². The second kappa shape index (κ2) is 9.68. The van der Waals surface area contributed by atoms with E-state index in [1.165, 1.54) is 0 Å². The van der Waals surface area contributed by atoms with Crippen molar-refractivity contribution in [1.82, 2.24) is 0 Å². The van der Waals surface area contributed by atoms with Crippen molar-refractivity contribution in [2.45, 2.75) is 22.6 Å². The first kappa shape index (κ1) is 18.1. The minimum Gasteiger partial charge on any atom is -0.494 e. The van der Waals surface area contributed by atoms with Crippen LogP contribution in [-0.2, 0) is 4.79 Å². The summed E-state index contributed by atoms with van der Waals surface area (Å²) in [5.41, 5.74) is 0.843. The Balaban J connectivity index is 1.49. The van der Waals surface area contributed by atoms with Gasteiger partial charge in [-0.15, -0.1) is 0 Å². The Bertz CT molecular complexity index is 822. The van der Waals surface area contributed by atoms with Gasteiger partial charge < -0.3 is 10.1 Å². The molecule has 3 nitrogen and oxygen atoms in total. The number of hydrogen-bond acceptors (Lipinski definition) is 3. The molecule has 0 unspecified atom stereocenters. The highest BCUT2D eigenvalue weighted by Gasteiger charge is 2.08. The summed E-state index contributed by atoms with van der Waals surface area (Å²) in [6, 6.07) is 27.6. The van der Waals surface area contributed by atoms with Gasteiger partial charge in [0.25, 0.3) is 0 Å². The summed E-state index contributed by atoms with van der Waals surface area (Å²) < 4.78 is 5.63. The van der Waals surface area contributed by atoms with Crippen LogP contribution in [0, 0.1) is 0 Å². The van der Waals surface area contributed by atoms with Crippen molar-refractivity contribution in [1.29, 1.82) is 0 Å². The lowest BCUT2D eigenvalue weighted by molar-refractivity contribution is -0.116. The number of carbonyl (C=O) groups excluding carboxylic acids is 1. The molecular formula is C22H21NO2S. The molecule has 0 aliphatic rings. The van der Waals surface area contributed by atoms with E-state index in [2.05, 4.69) is 17.4 Å². The Morgan fingerprint density at radius 3 is 2.27 bits per heavy atom. The molecule has 26 heavy (non-hydrogen) atoms. The van der Waals surface area contributed by atoms with Crippen molar-refractivity contribution in [3.8, 4) is 5.75 Å². The first-order chi connectivity index (χ1) is 12.8. The molecule has 4 heteroatoms. The highest BCUT2D eigenvalue weighted by atomic mass is 32.2. The van der Waals surface area contributed by atoms with Crippen LogP contribution in [0.5, 0.6) is 5.75 Å². The van der Waals surface area contributed by atoms with E-state index >= 15 is 0 Å². The molecule has 0 aliphatic heterocycles. The number of anilines is 1. The van der Waals surface area contributed by atoms with E-state index in [9.17, 15) is 4.79 Å². The molecule has 0 radical (unpaired) electrons. The number of benzene rings is 3. The number of nitrogens with one attached hydrogen (secondary N) is 1. The topological polar surface area (TPSA) is 38.3 Å². The molecule has 3 aromatic carbocycles. The van der Waals surface area contributed by atoms with Crippen LogP contribution >= 0.6 is 11.8 Å². The van der Waals surface area contributed by atoms with Crippen molar-refractivity contribution in [3.05, 3.63) is 84.9 Å². The molecule has 1 N–H and O–H groups in total. The molecule has 0 saturated carbocycles. The Kier molecular flexibility index (Phi) is 6.73. The molecular weight excluding hydrogens is 342 g/mol. The fraction of sp³-hybridized carbons (Fsp3) is 0.136. The second-order valence-corrected chi connectivity index (χ2v) is 6.84. The standard InChI is InChI=1S/C22H21NO2S/c24-22(16-9-17-25-18-10-3-1-4-11-18)23-20-14-7-8-15-21(20)26-19-12-5-2-6-13-19/h1-8,10-15H,9,16-17H2,(H,23,24). The molecule has 0 spiro atoms. The highest BCUT2D eigenvalue weighted by Crippen LogP contribution is 2.33. The zero-order valence-corrected chi connectivity index (χ0v) is 15.2. The van der Waals surface area contributed by atoms with Gasteiger partial charge in [-0.1, -0.05) is 60.3 Å². The van der Waals surface area contributed by atoms with E-state index in [-0.39, 0.29) is 5.91 Å². The largest absolute Gasteiger partial charge is 0.494 e. The summed E-state index contributed by atoms with van der Waals surface area (Å²) in [4.78, 5) is 14.4. The molecule has 3 rings (SSSR count). The number of rotatable bonds is 8. The third-order valence-corrected chi connectivity index (χ3v) is 4.78. The number of carbonyl (C=O) groups is 1. The number of ether oxygens (including phenoxy) is 1.